The van der Waals surface area contributed by atoms with Gasteiger partial charge >= 0.3 is 0 Å². The number of nitrogens with one attached hydrogen (secondary N) is 2. The van der Waals surface area contributed by atoms with Gasteiger partial charge in [0.2, 0.25) is 5.91 Å². The number of aromatic nitrogens is 1. The topological polar surface area (TPSA) is 54.0 Å². The molecule has 2 rings (SSSR count). The number of hydrogen-bond acceptors (Lipinski definition) is 3. The zero-order valence-electron chi connectivity index (χ0n) is 10.9. The Balaban J connectivity index is 1.75. The summed E-state index contributed by atoms with van der Waals surface area (Å²) in [7, 11) is 0. The third kappa shape index (κ3) is 3.81. The molecule has 1 aromatic rings. The largest absolute Gasteiger partial charge is 0.352 e. The first kappa shape index (κ1) is 13.0. The molecule has 0 saturated carbocycles. The van der Waals surface area contributed by atoms with E-state index in [0.717, 1.165) is 31.4 Å². The van der Waals surface area contributed by atoms with Crippen molar-refractivity contribution in [3.63, 3.8) is 0 Å². The van der Waals surface area contributed by atoms with Crippen LogP contribution in [0.1, 0.15) is 31.7 Å². The maximum absolute atomic E-state index is 11.9. The molecule has 1 fully saturated rings. The van der Waals surface area contributed by atoms with Gasteiger partial charge in [0.25, 0.3) is 0 Å². The van der Waals surface area contributed by atoms with Gasteiger partial charge in [0.05, 0.1) is 0 Å². The fraction of sp³-hybridized carbons (Fsp3) is 0.571. The lowest BCUT2D eigenvalue weighted by Crippen LogP contribution is -2.51. The van der Waals surface area contributed by atoms with E-state index in [1.165, 1.54) is 0 Å². The molecule has 1 saturated heterocycles. The van der Waals surface area contributed by atoms with E-state index in [4.69, 9.17) is 0 Å². The Morgan fingerprint density at radius 1 is 1.61 bits per heavy atom. The molecule has 0 aromatic carbocycles. The van der Waals surface area contributed by atoms with E-state index in [-0.39, 0.29) is 11.9 Å². The summed E-state index contributed by atoms with van der Waals surface area (Å²) < 4.78 is 0. The molecule has 1 amide bonds. The second kappa shape index (κ2) is 6.50. The predicted octanol–water partition coefficient (Wildman–Crippen LogP) is 1.27. The van der Waals surface area contributed by atoms with Gasteiger partial charge in [0, 0.05) is 30.9 Å². The van der Waals surface area contributed by atoms with Crippen LogP contribution in [0.25, 0.3) is 0 Å². The Hall–Kier alpha value is -1.42. The first-order valence-corrected chi connectivity index (χ1v) is 6.67. The minimum Gasteiger partial charge on any atom is -0.352 e. The van der Waals surface area contributed by atoms with Gasteiger partial charge in [-0.15, -0.1) is 0 Å². The lowest BCUT2D eigenvalue weighted by molar-refractivity contribution is -0.122. The molecule has 4 heteroatoms. The van der Waals surface area contributed by atoms with E-state index in [1.807, 2.05) is 18.3 Å². The van der Waals surface area contributed by atoms with Crippen LogP contribution in [-0.2, 0) is 11.2 Å². The maximum atomic E-state index is 11.9. The van der Waals surface area contributed by atoms with Crippen molar-refractivity contribution in [1.29, 1.82) is 0 Å². The van der Waals surface area contributed by atoms with Crippen molar-refractivity contribution in [2.24, 2.45) is 0 Å². The molecule has 0 bridgehead atoms. The molecular weight excluding hydrogens is 226 g/mol. The molecule has 18 heavy (non-hydrogen) atoms. The molecule has 0 spiro atoms. The van der Waals surface area contributed by atoms with E-state index in [0.29, 0.717) is 12.5 Å². The first-order chi connectivity index (χ1) is 8.75. The number of amides is 1. The number of nitrogens with zero attached hydrogens (tertiary/aromatic N) is 1. The zero-order chi connectivity index (χ0) is 12.8. The maximum Gasteiger partial charge on any atom is 0.220 e. The quantitative estimate of drug-likeness (QED) is 0.842. The van der Waals surface area contributed by atoms with E-state index in [9.17, 15) is 4.79 Å². The van der Waals surface area contributed by atoms with Gasteiger partial charge in [0.15, 0.2) is 0 Å². The lowest BCUT2D eigenvalue weighted by Gasteiger charge is -2.30. The molecule has 98 valence electrons. The first-order valence-electron chi connectivity index (χ1n) is 6.67. The van der Waals surface area contributed by atoms with Gasteiger partial charge in [-0.1, -0.05) is 6.07 Å². The fourth-order valence-electron chi connectivity index (χ4n) is 2.32. The van der Waals surface area contributed by atoms with E-state index >= 15 is 0 Å². The van der Waals surface area contributed by atoms with Crippen LogP contribution in [0.2, 0.25) is 0 Å². The summed E-state index contributed by atoms with van der Waals surface area (Å²) in [6.45, 7) is 3.19. The Bertz CT molecular complexity index is 380. The molecule has 2 heterocycles. The molecule has 1 aliphatic rings. The number of pyridine rings is 1. The number of aryl methyl sites for hydroxylation is 1. The highest BCUT2D eigenvalue weighted by atomic mass is 16.1. The van der Waals surface area contributed by atoms with Crippen LogP contribution in [0.4, 0.5) is 0 Å². The molecule has 2 unspecified atom stereocenters. The highest BCUT2D eigenvalue weighted by Gasteiger charge is 2.21. The number of piperidine rings is 1. The van der Waals surface area contributed by atoms with Gasteiger partial charge in [0.1, 0.15) is 0 Å². The molecule has 0 aliphatic carbocycles. The Morgan fingerprint density at radius 2 is 2.50 bits per heavy atom. The number of carbonyl (C=O) groups excluding carboxylic acids is 1. The summed E-state index contributed by atoms with van der Waals surface area (Å²) in [6, 6.07) is 4.56. The monoisotopic (exact) mass is 247 g/mol. The van der Waals surface area contributed by atoms with E-state index < -0.39 is 0 Å². The molecule has 1 aliphatic heterocycles. The van der Waals surface area contributed by atoms with Crippen LogP contribution < -0.4 is 10.6 Å². The Morgan fingerprint density at radius 3 is 3.22 bits per heavy atom. The SMILES string of the molecule is CC1NCCCC1NC(=O)CCc1cccnc1. The van der Waals surface area contributed by atoms with Gasteiger partial charge in [-0.2, -0.15) is 0 Å². The minimum atomic E-state index is 0.138. The molecule has 2 atom stereocenters. The highest BCUT2D eigenvalue weighted by molar-refractivity contribution is 5.76. The molecular formula is C14H21N3O. The third-order valence-corrected chi connectivity index (χ3v) is 3.47. The van der Waals surface area contributed by atoms with Gasteiger partial charge in [-0.25, -0.2) is 0 Å². The summed E-state index contributed by atoms with van der Waals surface area (Å²) in [5, 5.41) is 6.50. The summed E-state index contributed by atoms with van der Waals surface area (Å²) >= 11 is 0. The van der Waals surface area contributed by atoms with Gasteiger partial charge < -0.3 is 10.6 Å². The third-order valence-electron chi connectivity index (χ3n) is 3.47. The fourth-order valence-corrected chi connectivity index (χ4v) is 2.32. The van der Waals surface area contributed by atoms with Crippen LogP contribution in [0, 0.1) is 0 Å². The summed E-state index contributed by atoms with van der Waals surface area (Å²) in [4.78, 5) is 15.9. The summed E-state index contributed by atoms with van der Waals surface area (Å²) in [6.07, 6.45) is 7.07. The van der Waals surface area contributed by atoms with Crippen molar-refractivity contribution in [2.45, 2.75) is 44.7 Å². The standard InChI is InChI=1S/C14H21N3O/c1-11-13(5-3-9-16-11)17-14(18)7-6-12-4-2-8-15-10-12/h2,4,8,10-11,13,16H,3,5-7,9H2,1H3,(H,17,18). The van der Waals surface area contributed by atoms with Crippen molar-refractivity contribution in [3.05, 3.63) is 30.1 Å². The van der Waals surface area contributed by atoms with Crippen LogP contribution in [-0.4, -0.2) is 29.5 Å². The summed E-state index contributed by atoms with van der Waals surface area (Å²) in [5.41, 5.74) is 1.11. The smallest absolute Gasteiger partial charge is 0.220 e. The zero-order valence-corrected chi connectivity index (χ0v) is 10.9. The highest BCUT2D eigenvalue weighted by Crippen LogP contribution is 2.09. The van der Waals surface area contributed by atoms with Crippen LogP contribution in [0.3, 0.4) is 0 Å². The predicted molar refractivity (Wildman–Crippen MR) is 71.2 cm³/mol. The second-order valence-electron chi connectivity index (χ2n) is 4.92. The van der Waals surface area contributed by atoms with Gasteiger partial charge in [-0.05, 0) is 44.4 Å². The molecule has 4 nitrogen and oxygen atoms in total. The summed E-state index contributed by atoms with van der Waals surface area (Å²) in [5.74, 6) is 0.138. The van der Waals surface area contributed by atoms with Crippen LogP contribution >= 0.6 is 0 Å². The molecule has 0 radical (unpaired) electrons. The van der Waals surface area contributed by atoms with Crippen molar-refractivity contribution >= 4 is 5.91 Å². The van der Waals surface area contributed by atoms with Crippen molar-refractivity contribution in [3.8, 4) is 0 Å². The Kier molecular flexibility index (Phi) is 4.70. The van der Waals surface area contributed by atoms with E-state index in [2.05, 4.69) is 22.5 Å². The minimum absolute atomic E-state index is 0.138. The van der Waals surface area contributed by atoms with E-state index in [1.54, 1.807) is 6.20 Å². The van der Waals surface area contributed by atoms with Crippen molar-refractivity contribution in [2.75, 3.05) is 6.54 Å². The number of hydrogen-bond donors (Lipinski definition) is 2. The van der Waals surface area contributed by atoms with Crippen LogP contribution in [0.15, 0.2) is 24.5 Å². The molecule has 2 N–H and O–H groups in total. The normalized spacial score (nSPS) is 23.6. The average molecular weight is 247 g/mol. The lowest BCUT2D eigenvalue weighted by atomic mass is 9.99. The van der Waals surface area contributed by atoms with Crippen molar-refractivity contribution < 1.29 is 4.79 Å². The van der Waals surface area contributed by atoms with Crippen molar-refractivity contribution in [1.82, 2.24) is 15.6 Å². The second-order valence-corrected chi connectivity index (χ2v) is 4.92. The Labute approximate surface area is 108 Å². The number of carbonyl (C=O) groups is 1. The average Bonchev–Trinajstić information content (AvgIpc) is 2.40. The van der Waals surface area contributed by atoms with Crippen LogP contribution in [0.5, 0.6) is 0 Å². The van der Waals surface area contributed by atoms with Gasteiger partial charge in [-0.3, -0.25) is 9.78 Å². The molecule has 1 aromatic heterocycles. The number of rotatable bonds is 4.